The van der Waals surface area contributed by atoms with Gasteiger partial charge < -0.3 is 21.1 Å². The minimum Gasteiger partial charge on any atom is -0.395 e. The summed E-state index contributed by atoms with van der Waals surface area (Å²) in [7, 11) is 0. The number of ketones is 1. The molecule has 0 saturated carbocycles. The fourth-order valence-corrected chi connectivity index (χ4v) is 3.42. The Labute approximate surface area is 197 Å². The highest BCUT2D eigenvalue weighted by molar-refractivity contribution is 6.11. The molecule has 178 valence electrons. The number of amides is 2. The fraction of sp³-hybridized carbons (Fsp3) is 0.0800. The second-order valence-corrected chi connectivity index (χ2v) is 7.52. The highest BCUT2D eigenvalue weighted by Crippen LogP contribution is 2.25. The van der Waals surface area contributed by atoms with Crippen LogP contribution in [0.2, 0.25) is 0 Å². The molecule has 0 spiro atoms. The van der Waals surface area contributed by atoms with Gasteiger partial charge in [-0.1, -0.05) is 6.07 Å². The monoisotopic (exact) mass is 480 g/mol. The quantitative estimate of drug-likeness (QED) is 0.281. The van der Waals surface area contributed by atoms with E-state index in [9.17, 15) is 18.4 Å². The molecule has 0 radical (unpaired) electrons. The number of aromatic nitrogens is 1. The number of pyridine rings is 1. The van der Waals surface area contributed by atoms with Crippen molar-refractivity contribution in [2.75, 3.05) is 29.1 Å². The lowest BCUT2D eigenvalue weighted by Gasteiger charge is -2.12. The van der Waals surface area contributed by atoms with E-state index in [0.717, 1.165) is 18.2 Å². The van der Waals surface area contributed by atoms with Crippen molar-refractivity contribution in [2.24, 2.45) is 0 Å². The second-order valence-electron chi connectivity index (χ2n) is 7.52. The molecule has 0 aliphatic rings. The summed E-state index contributed by atoms with van der Waals surface area (Å²) >= 11 is 0. The molecule has 0 saturated heterocycles. The second kappa shape index (κ2) is 10.2. The maximum absolute atomic E-state index is 15.1. The number of urea groups is 1. The number of nitrogens with zero attached hydrogens (tertiary/aromatic N) is 1. The first-order valence-electron chi connectivity index (χ1n) is 10.5. The van der Waals surface area contributed by atoms with Crippen LogP contribution in [0.25, 0.3) is 10.9 Å². The Morgan fingerprint density at radius 1 is 0.886 bits per heavy atom. The number of halogens is 3. The molecule has 1 heterocycles. The van der Waals surface area contributed by atoms with Gasteiger partial charge in [0.25, 0.3) is 0 Å². The minimum absolute atomic E-state index is 0.0773. The van der Waals surface area contributed by atoms with E-state index in [1.54, 1.807) is 18.3 Å². The van der Waals surface area contributed by atoms with Crippen LogP contribution < -0.4 is 16.0 Å². The lowest BCUT2D eigenvalue weighted by atomic mass is 10.00. The smallest absolute Gasteiger partial charge is 0.323 e. The van der Waals surface area contributed by atoms with E-state index in [2.05, 4.69) is 20.9 Å². The van der Waals surface area contributed by atoms with E-state index in [-0.39, 0.29) is 17.9 Å². The number of hydrogen-bond donors (Lipinski definition) is 4. The van der Waals surface area contributed by atoms with Crippen molar-refractivity contribution in [2.45, 2.75) is 0 Å². The Kier molecular flexibility index (Phi) is 6.93. The molecule has 4 N–H and O–H groups in total. The third-order valence-corrected chi connectivity index (χ3v) is 5.00. The van der Waals surface area contributed by atoms with Gasteiger partial charge in [-0.2, -0.15) is 0 Å². The molecular formula is C25H19F3N4O3. The Morgan fingerprint density at radius 2 is 1.71 bits per heavy atom. The van der Waals surface area contributed by atoms with Crippen LogP contribution in [-0.2, 0) is 0 Å². The van der Waals surface area contributed by atoms with Crippen molar-refractivity contribution in [3.05, 3.63) is 95.4 Å². The Hall–Kier alpha value is -4.44. The van der Waals surface area contributed by atoms with Gasteiger partial charge in [0.1, 0.15) is 11.6 Å². The molecule has 0 aliphatic heterocycles. The number of fused-ring (bicyclic) bond motifs is 1. The topological polar surface area (TPSA) is 103 Å². The summed E-state index contributed by atoms with van der Waals surface area (Å²) in [5.41, 5.74) is 0.246. The van der Waals surface area contributed by atoms with Gasteiger partial charge in [0, 0.05) is 29.2 Å². The maximum atomic E-state index is 15.1. The first-order chi connectivity index (χ1) is 16.8. The van der Waals surface area contributed by atoms with Crippen molar-refractivity contribution in [3.63, 3.8) is 0 Å². The number of carbonyl (C=O) groups excluding carboxylic acids is 2. The van der Waals surface area contributed by atoms with Crippen LogP contribution in [0.1, 0.15) is 15.9 Å². The normalized spacial score (nSPS) is 10.7. The van der Waals surface area contributed by atoms with Gasteiger partial charge in [0.05, 0.1) is 35.3 Å². The van der Waals surface area contributed by atoms with Crippen molar-refractivity contribution < 1.29 is 27.9 Å². The molecule has 4 aromatic rings. The fourth-order valence-electron chi connectivity index (χ4n) is 3.42. The largest absolute Gasteiger partial charge is 0.395 e. The van der Waals surface area contributed by atoms with Gasteiger partial charge in [-0.3, -0.25) is 9.78 Å². The van der Waals surface area contributed by atoms with Gasteiger partial charge in [-0.15, -0.1) is 0 Å². The summed E-state index contributed by atoms with van der Waals surface area (Å²) in [5.74, 6) is -3.45. The highest BCUT2D eigenvalue weighted by Gasteiger charge is 2.21. The summed E-state index contributed by atoms with van der Waals surface area (Å²) in [5, 5.41) is 16.9. The van der Waals surface area contributed by atoms with E-state index in [4.69, 9.17) is 5.11 Å². The minimum atomic E-state index is -1.12. The zero-order valence-electron chi connectivity index (χ0n) is 18.1. The third kappa shape index (κ3) is 5.56. The first-order valence-corrected chi connectivity index (χ1v) is 10.5. The predicted molar refractivity (Wildman–Crippen MR) is 126 cm³/mol. The van der Waals surface area contributed by atoms with Crippen molar-refractivity contribution in [1.29, 1.82) is 0 Å². The molecule has 0 bridgehead atoms. The molecule has 1 aromatic heterocycles. The summed E-state index contributed by atoms with van der Waals surface area (Å²) < 4.78 is 42.7. The molecule has 10 heteroatoms. The van der Waals surface area contributed by atoms with Gasteiger partial charge in [0.15, 0.2) is 11.6 Å². The van der Waals surface area contributed by atoms with E-state index in [1.165, 1.54) is 30.3 Å². The number of aliphatic hydroxyl groups is 1. The molecule has 35 heavy (non-hydrogen) atoms. The standard InChI is InChI=1S/C25H19F3N4O3/c26-16-2-1-3-18(10-16)31-25(35)32-22-12-17(27)11-20(23(22)28)24(34)14-4-5-21-15(8-14)9-19(13-30-21)29-6-7-33/h1-5,8-13,29,33H,6-7H2,(H2,31,32,35). The summed E-state index contributed by atoms with van der Waals surface area (Å²) in [4.78, 5) is 29.5. The number of hydrogen-bond acceptors (Lipinski definition) is 5. The molecule has 0 atom stereocenters. The number of anilines is 3. The number of aliphatic hydroxyl groups excluding tert-OH is 1. The third-order valence-electron chi connectivity index (χ3n) is 5.00. The van der Waals surface area contributed by atoms with Gasteiger partial charge in [-0.25, -0.2) is 18.0 Å². The Balaban J connectivity index is 1.60. The highest BCUT2D eigenvalue weighted by atomic mass is 19.1. The lowest BCUT2D eigenvalue weighted by Crippen LogP contribution is -2.21. The van der Waals surface area contributed by atoms with Crippen molar-refractivity contribution in [3.8, 4) is 0 Å². The van der Waals surface area contributed by atoms with Crippen LogP contribution >= 0.6 is 0 Å². The van der Waals surface area contributed by atoms with Crippen LogP contribution in [0, 0.1) is 17.5 Å². The van der Waals surface area contributed by atoms with Gasteiger partial charge in [-0.05, 0) is 48.5 Å². The van der Waals surface area contributed by atoms with E-state index < -0.39 is 40.5 Å². The van der Waals surface area contributed by atoms with E-state index in [0.29, 0.717) is 23.1 Å². The summed E-state index contributed by atoms with van der Waals surface area (Å²) in [6.07, 6.45) is 1.57. The summed E-state index contributed by atoms with van der Waals surface area (Å²) in [6, 6.07) is 11.8. The maximum Gasteiger partial charge on any atom is 0.323 e. The predicted octanol–water partition coefficient (Wildman–Crippen LogP) is 4.93. The van der Waals surface area contributed by atoms with E-state index in [1.807, 2.05) is 0 Å². The Morgan fingerprint density at radius 3 is 2.49 bits per heavy atom. The van der Waals surface area contributed by atoms with Gasteiger partial charge in [0.2, 0.25) is 0 Å². The molecule has 2 amide bonds. The van der Waals surface area contributed by atoms with Crippen molar-refractivity contribution in [1.82, 2.24) is 4.98 Å². The molecule has 3 aromatic carbocycles. The van der Waals surface area contributed by atoms with E-state index >= 15 is 4.39 Å². The summed E-state index contributed by atoms with van der Waals surface area (Å²) in [6.45, 7) is 0.231. The molecule has 0 unspecified atom stereocenters. The van der Waals surface area contributed by atoms with Gasteiger partial charge >= 0.3 is 6.03 Å². The average molecular weight is 480 g/mol. The number of benzene rings is 3. The van der Waals surface area contributed by atoms with Crippen LogP contribution in [0.5, 0.6) is 0 Å². The lowest BCUT2D eigenvalue weighted by molar-refractivity contribution is 0.103. The molecular weight excluding hydrogens is 461 g/mol. The van der Waals surface area contributed by atoms with Crippen molar-refractivity contribution >= 4 is 39.8 Å². The molecule has 0 aliphatic carbocycles. The Bertz CT molecular complexity index is 1430. The zero-order valence-corrected chi connectivity index (χ0v) is 18.1. The van der Waals surface area contributed by atoms with Crippen LogP contribution in [0.3, 0.4) is 0 Å². The first kappa shape index (κ1) is 23.7. The number of rotatable bonds is 7. The number of carbonyl (C=O) groups is 2. The van der Waals surface area contributed by atoms with Crippen LogP contribution in [0.4, 0.5) is 35.0 Å². The van der Waals surface area contributed by atoms with Crippen LogP contribution in [-0.4, -0.2) is 35.1 Å². The molecule has 0 fully saturated rings. The molecule has 7 nitrogen and oxygen atoms in total. The zero-order chi connectivity index (χ0) is 24.9. The molecule has 4 rings (SSSR count). The SMILES string of the molecule is O=C(Nc1cccc(F)c1)Nc1cc(F)cc(C(=O)c2ccc3ncc(NCCO)cc3c2)c1F. The average Bonchev–Trinajstić information content (AvgIpc) is 2.83. The van der Waals surface area contributed by atoms with Crippen LogP contribution in [0.15, 0.2) is 66.9 Å². The number of nitrogens with one attached hydrogen (secondary N) is 3.